The van der Waals surface area contributed by atoms with E-state index in [1.54, 1.807) is 0 Å². The van der Waals surface area contributed by atoms with Crippen LogP contribution >= 0.6 is 0 Å². The lowest BCUT2D eigenvalue weighted by atomic mass is 9.95. The van der Waals surface area contributed by atoms with Crippen LogP contribution in [0.3, 0.4) is 0 Å². The van der Waals surface area contributed by atoms with Crippen LogP contribution in [-0.2, 0) is 14.4 Å². The van der Waals surface area contributed by atoms with E-state index >= 15 is 0 Å². The van der Waals surface area contributed by atoms with Gasteiger partial charge < -0.3 is 0 Å². The van der Waals surface area contributed by atoms with Gasteiger partial charge in [-0.2, -0.15) is 13.7 Å². The Morgan fingerprint density at radius 2 is 2.24 bits per heavy atom. The predicted octanol–water partition coefficient (Wildman–Crippen LogP) is 1.43. The molecule has 0 radical (unpaired) electrons. The molecule has 0 saturated carbocycles. The van der Waals surface area contributed by atoms with Gasteiger partial charge in [-0.15, -0.1) is 5.92 Å². The van der Waals surface area contributed by atoms with Gasteiger partial charge in [0, 0.05) is 6.42 Å². The van der Waals surface area contributed by atoms with Crippen molar-refractivity contribution in [1.82, 2.24) is 0 Å². The Morgan fingerprint density at radius 1 is 1.47 bits per heavy atom. The first-order valence-corrected chi connectivity index (χ1v) is 7.19. The number of hydrogen-bond donors (Lipinski definition) is 0. The van der Waals surface area contributed by atoms with Crippen LogP contribution < -0.4 is 0 Å². The highest BCUT2D eigenvalue weighted by Gasteiger charge is 2.16. The molecule has 0 N–H and O–H groups in total. The summed E-state index contributed by atoms with van der Waals surface area (Å²) in [6.45, 7) is 0. The van der Waals surface area contributed by atoms with E-state index in [1.807, 2.05) is 6.07 Å². The first-order valence-electron chi connectivity index (χ1n) is 5.38. The largest absolute Gasteiger partial charge is 0.325 e. The zero-order chi connectivity index (χ0) is 12.7. The molecule has 0 amide bonds. The maximum absolute atomic E-state index is 10.8. The third kappa shape index (κ3) is 5.37. The van der Waals surface area contributed by atoms with Gasteiger partial charge >= 0.3 is 10.1 Å². The summed E-state index contributed by atoms with van der Waals surface area (Å²) in [7, 11) is -3.67. The summed E-state index contributed by atoms with van der Waals surface area (Å²) in [5.41, 5.74) is 0.0322. The molecular formula is C11H14N2O3S. The molecule has 0 fully saturated rings. The normalized spacial score (nSPS) is 21.4. The molecule has 0 saturated heterocycles. The smallest absolute Gasteiger partial charge is 0.268 e. The molecule has 1 aliphatic rings. The third-order valence-corrected chi connectivity index (χ3v) is 2.63. The van der Waals surface area contributed by atoms with E-state index < -0.39 is 10.1 Å². The van der Waals surface area contributed by atoms with E-state index in [0.29, 0.717) is 6.42 Å². The van der Waals surface area contributed by atoms with Crippen LogP contribution in [0.25, 0.3) is 0 Å². The second-order valence-electron chi connectivity index (χ2n) is 3.84. The van der Waals surface area contributed by atoms with Crippen LogP contribution in [0, 0.1) is 29.1 Å². The van der Waals surface area contributed by atoms with Crippen LogP contribution in [-0.4, -0.2) is 20.4 Å². The van der Waals surface area contributed by atoms with Gasteiger partial charge in [-0.25, -0.2) is 0 Å². The summed E-state index contributed by atoms with van der Waals surface area (Å²) in [6.07, 6.45) is 5.50. The van der Waals surface area contributed by atoms with Crippen molar-refractivity contribution in [1.29, 1.82) is 5.26 Å². The molecule has 0 heterocycles. The van der Waals surface area contributed by atoms with Gasteiger partial charge in [0.15, 0.2) is 5.71 Å². The van der Waals surface area contributed by atoms with E-state index in [9.17, 15) is 8.42 Å². The van der Waals surface area contributed by atoms with Crippen LogP contribution in [0.4, 0.5) is 0 Å². The highest BCUT2D eigenvalue weighted by molar-refractivity contribution is 7.85. The molecule has 0 aromatic carbocycles. The standard InChI is InChI=1S/C11H14N2O3S/c1-17(14,15)16-13-11(9-12)10-7-5-3-2-4-6-8-10/h10H,2-5,7H2,1H3. The van der Waals surface area contributed by atoms with Crippen molar-refractivity contribution in [2.75, 3.05) is 6.26 Å². The maximum Gasteiger partial charge on any atom is 0.325 e. The molecule has 1 unspecified atom stereocenters. The topological polar surface area (TPSA) is 79.5 Å². The maximum atomic E-state index is 10.8. The minimum Gasteiger partial charge on any atom is -0.268 e. The molecule has 0 aromatic rings. The van der Waals surface area contributed by atoms with Gasteiger partial charge in [-0.05, 0) is 12.8 Å². The molecule has 1 atom stereocenters. The van der Waals surface area contributed by atoms with Crippen LogP contribution in [0.15, 0.2) is 5.16 Å². The highest BCUT2D eigenvalue weighted by atomic mass is 32.2. The molecule has 1 aliphatic carbocycles. The molecule has 1 rings (SSSR count). The summed E-state index contributed by atoms with van der Waals surface area (Å²) < 4.78 is 25.8. The second kappa shape index (κ2) is 6.27. The lowest BCUT2D eigenvalue weighted by molar-refractivity contribution is 0.341. The molecular weight excluding hydrogens is 240 g/mol. The Bertz CT molecular complexity index is 491. The minimum atomic E-state index is -3.67. The molecule has 6 heteroatoms. The molecule has 17 heavy (non-hydrogen) atoms. The van der Waals surface area contributed by atoms with Gasteiger partial charge in [-0.3, -0.25) is 4.28 Å². The van der Waals surface area contributed by atoms with Crippen molar-refractivity contribution in [3.05, 3.63) is 0 Å². The van der Waals surface area contributed by atoms with Gasteiger partial charge in [-0.1, -0.05) is 23.9 Å². The molecule has 0 aliphatic heterocycles. The Kier molecular flexibility index (Phi) is 4.99. The molecule has 5 nitrogen and oxygen atoms in total. The molecule has 0 aromatic heterocycles. The second-order valence-corrected chi connectivity index (χ2v) is 5.40. The number of hydrogen-bond acceptors (Lipinski definition) is 5. The first-order chi connectivity index (χ1) is 8.03. The molecule has 92 valence electrons. The van der Waals surface area contributed by atoms with Crippen molar-refractivity contribution in [3.63, 3.8) is 0 Å². The fraction of sp³-hybridized carbons (Fsp3) is 0.636. The summed E-state index contributed by atoms with van der Waals surface area (Å²) in [6, 6.07) is 1.85. The Labute approximate surface area is 102 Å². The molecule has 0 spiro atoms. The van der Waals surface area contributed by atoms with Crippen LogP contribution in [0.2, 0.25) is 0 Å². The van der Waals surface area contributed by atoms with Crippen LogP contribution in [0.1, 0.15) is 32.1 Å². The summed E-state index contributed by atoms with van der Waals surface area (Å²) in [4.78, 5) is 0. The number of rotatable bonds is 3. The Morgan fingerprint density at radius 3 is 2.88 bits per heavy atom. The van der Waals surface area contributed by atoms with Gasteiger partial charge in [0.2, 0.25) is 0 Å². The minimum absolute atomic E-state index is 0.0322. The SMILES string of the molecule is CS(=O)(=O)ON=C(C#N)C1C#CCCCCC1. The van der Waals surface area contributed by atoms with Gasteiger partial charge in [0.05, 0.1) is 12.2 Å². The zero-order valence-corrected chi connectivity index (χ0v) is 10.5. The van der Waals surface area contributed by atoms with Gasteiger partial charge in [0.25, 0.3) is 0 Å². The Hall–Kier alpha value is -1.53. The number of nitriles is 1. The van der Waals surface area contributed by atoms with E-state index in [0.717, 1.165) is 31.9 Å². The fourth-order valence-electron chi connectivity index (χ4n) is 1.48. The summed E-state index contributed by atoms with van der Waals surface area (Å²) >= 11 is 0. The number of oxime groups is 1. The monoisotopic (exact) mass is 254 g/mol. The molecule has 0 bridgehead atoms. The lowest BCUT2D eigenvalue weighted by Gasteiger charge is -2.09. The summed E-state index contributed by atoms with van der Waals surface area (Å²) in [5.74, 6) is 5.58. The van der Waals surface area contributed by atoms with E-state index in [-0.39, 0.29) is 11.6 Å². The summed E-state index contributed by atoms with van der Waals surface area (Å²) in [5, 5.41) is 12.3. The third-order valence-electron chi connectivity index (χ3n) is 2.29. The first kappa shape index (κ1) is 13.5. The van der Waals surface area contributed by atoms with E-state index in [2.05, 4.69) is 21.3 Å². The van der Waals surface area contributed by atoms with E-state index in [4.69, 9.17) is 5.26 Å². The van der Waals surface area contributed by atoms with Crippen molar-refractivity contribution in [3.8, 4) is 17.9 Å². The number of nitrogens with zero attached hydrogens (tertiary/aromatic N) is 2. The van der Waals surface area contributed by atoms with Crippen LogP contribution in [0.5, 0.6) is 0 Å². The van der Waals surface area contributed by atoms with E-state index in [1.165, 1.54) is 0 Å². The zero-order valence-electron chi connectivity index (χ0n) is 9.64. The quantitative estimate of drug-likeness (QED) is 0.433. The fourth-order valence-corrected chi connectivity index (χ4v) is 1.70. The van der Waals surface area contributed by atoms with Crippen molar-refractivity contribution in [2.24, 2.45) is 11.1 Å². The van der Waals surface area contributed by atoms with Crippen molar-refractivity contribution in [2.45, 2.75) is 32.1 Å². The van der Waals surface area contributed by atoms with Crippen molar-refractivity contribution >= 4 is 15.8 Å². The predicted molar refractivity (Wildman–Crippen MR) is 63.3 cm³/mol. The highest BCUT2D eigenvalue weighted by Crippen LogP contribution is 2.15. The van der Waals surface area contributed by atoms with Gasteiger partial charge in [0.1, 0.15) is 6.07 Å². The lowest BCUT2D eigenvalue weighted by Crippen LogP contribution is -2.13. The average molecular weight is 254 g/mol. The van der Waals surface area contributed by atoms with Crippen molar-refractivity contribution < 1.29 is 12.7 Å². The average Bonchev–Trinajstić information content (AvgIpc) is 2.19. The Balaban J connectivity index is 2.82.